The lowest BCUT2D eigenvalue weighted by molar-refractivity contribution is -0.140. The molecule has 0 bridgehead atoms. The van der Waals surface area contributed by atoms with Crippen LogP contribution in [0.15, 0.2) is 0 Å². The van der Waals surface area contributed by atoms with E-state index in [4.69, 9.17) is 4.74 Å². The lowest BCUT2D eigenvalue weighted by atomic mass is 10.1. The van der Waals surface area contributed by atoms with Gasteiger partial charge in [0.05, 0.1) is 19.1 Å². The van der Waals surface area contributed by atoms with Gasteiger partial charge in [-0.1, -0.05) is 18.7 Å². The molecule has 1 N–H and O–H groups in total. The van der Waals surface area contributed by atoms with Crippen LogP contribution < -0.4 is 5.32 Å². The Kier molecular flexibility index (Phi) is 3.68. The zero-order valence-electron chi connectivity index (χ0n) is 9.47. The molecule has 2 saturated heterocycles. The number of carbonyl (C=O) groups excluding carboxylic acids is 3. The molecule has 0 radical (unpaired) electrons. The van der Waals surface area contributed by atoms with Crippen LogP contribution >= 0.6 is 11.8 Å². The van der Waals surface area contributed by atoms with E-state index in [1.165, 1.54) is 0 Å². The molecule has 17 heavy (non-hydrogen) atoms. The average Bonchev–Trinajstić information content (AvgIpc) is 2.68. The molecule has 7 heteroatoms. The molecule has 0 saturated carbocycles. The molecule has 2 fully saturated rings. The van der Waals surface area contributed by atoms with Gasteiger partial charge in [0.25, 0.3) is 5.24 Å². The van der Waals surface area contributed by atoms with Crippen molar-refractivity contribution in [3.05, 3.63) is 0 Å². The quantitative estimate of drug-likeness (QED) is 0.744. The van der Waals surface area contributed by atoms with E-state index in [1.807, 2.05) is 0 Å². The van der Waals surface area contributed by atoms with Gasteiger partial charge in [-0.05, 0) is 0 Å². The van der Waals surface area contributed by atoms with Gasteiger partial charge in [0, 0.05) is 13.1 Å². The fourth-order valence-corrected chi connectivity index (χ4v) is 2.78. The minimum Gasteiger partial charge on any atom is -0.378 e. The first-order chi connectivity index (χ1) is 8.09. The highest BCUT2D eigenvalue weighted by Crippen LogP contribution is 2.27. The Morgan fingerprint density at radius 3 is 2.65 bits per heavy atom. The van der Waals surface area contributed by atoms with Crippen molar-refractivity contribution in [1.29, 1.82) is 0 Å². The maximum atomic E-state index is 12.1. The van der Waals surface area contributed by atoms with Crippen molar-refractivity contribution in [2.24, 2.45) is 5.92 Å². The van der Waals surface area contributed by atoms with Crippen molar-refractivity contribution in [1.82, 2.24) is 10.2 Å². The standard InChI is InChI=1S/C10H14N2O4S/c1-6(7-8(13)11-10(15)17-7)9(14)12-2-4-16-5-3-12/h6-7H,2-5H2,1H3,(H,11,13,15)/t6-,7-/m1/s1. The van der Waals surface area contributed by atoms with E-state index < -0.39 is 11.2 Å². The van der Waals surface area contributed by atoms with Crippen LogP contribution in [-0.4, -0.2) is 53.5 Å². The highest BCUT2D eigenvalue weighted by Gasteiger charge is 2.40. The smallest absolute Gasteiger partial charge is 0.286 e. The summed E-state index contributed by atoms with van der Waals surface area (Å²) < 4.78 is 5.16. The van der Waals surface area contributed by atoms with Crippen LogP contribution in [0.2, 0.25) is 0 Å². The number of thioether (sulfide) groups is 1. The first-order valence-electron chi connectivity index (χ1n) is 5.47. The van der Waals surface area contributed by atoms with Crippen LogP contribution in [-0.2, 0) is 14.3 Å². The number of imide groups is 1. The minimum absolute atomic E-state index is 0.0874. The predicted molar refractivity (Wildman–Crippen MR) is 61.5 cm³/mol. The summed E-state index contributed by atoms with van der Waals surface area (Å²) in [6, 6.07) is 0. The summed E-state index contributed by atoms with van der Waals surface area (Å²) in [7, 11) is 0. The van der Waals surface area contributed by atoms with Gasteiger partial charge >= 0.3 is 0 Å². The Morgan fingerprint density at radius 2 is 2.12 bits per heavy atom. The Bertz CT molecular complexity index is 354. The van der Waals surface area contributed by atoms with Gasteiger partial charge in [-0.2, -0.15) is 0 Å². The summed E-state index contributed by atoms with van der Waals surface area (Å²) in [5, 5.41) is 1.22. The molecule has 6 nitrogen and oxygen atoms in total. The molecule has 94 valence electrons. The number of ether oxygens (including phenoxy) is 1. The zero-order chi connectivity index (χ0) is 12.4. The van der Waals surface area contributed by atoms with E-state index in [-0.39, 0.29) is 17.1 Å². The van der Waals surface area contributed by atoms with E-state index in [1.54, 1.807) is 11.8 Å². The van der Waals surface area contributed by atoms with E-state index in [9.17, 15) is 14.4 Å². The van der Waals surface area contributed by atoms with Crippen molar-refractivity contribution < 1.29 is 19.1 Å². The van der Waals surface area contributed by atoms with Crippen LogP contribution in [0.25, 0.3) is 0 Å². The van der Waals surface area contributed by atoms with Gasteiger partial charge in [-0.3, -0.25) is 19.7 Å². The first kappa shape index (κ1) is 12.4. The number of amides is 3. The van der Waals surface area contributed by atoms with Gasteiger partial charge in [0.15, 0.2) is 0 Å². The van der Waals surface area contributed by atoms with Crippen molar-refractivity contribution in [2.75, 3.05) is 26.3 Å². The third kappa shape index (κ3) is 2.61. The van der Waals surface area contributed by atoms with E-state index in [0.717, 1.165) is 11.8 Å². The number of rotatable bonds is 2. The van der Waals surface area contributed by atoms with Crippen molar-refractivity contribution in [2.45, 2.75) is 12.2 Å². The number of hydrogen-bond donors (Lipinski definition) is 1. The molecule has 0 aromatic heterocycles. The fourth-order valence-electron chi connectivity index (χ4n) is 1.90. The molecule has 3 amide bonds. The molecular formula is C10H14N2O4S. The van der Waals surface area contributed by atoms with Crippen molar-refractivity contribution >= 4 is 28.8 Å². The number of nitrogens with one attached hydrogen (secondary N) is 1. The second-order valence-electron chi connectivity index (χ2n) is 4.04. The molecule has 0 aromatic rings. The van der Waals surface area contributed by atoms with Gasteiger partial charge in [0.1, 0.15) is 5.25 Å². The van der Waals surface area contributed by atoms with E-state index in [2.05, 4.69) is 5.32 Å². The third-order valence-electron chi connectivity index (χ3n) is 2.88. The lowest BCUT2D eigenvalue weighted by Crippen LogP contribution is -2.46. The van der Waals surface area contributed by atoms with Crippen molar-refractivity contribution in [3.63, 3.8) is 0 Å². The second kappa shape index (κ2) is 5.05. The van der Waals surface area contributed by atoms with E-state index in [0.29, 0.717) is 26.3 Å². The second-order valence-corrected chi connectivity index (χ2v) is 5.16. The zero-order valence-corrected chi connectivity index (χ0v) is 10.3. The molecule has 0 unspecified atom stereocenters. The number of hydrogen-bond acceptors (Lipinski definition) is 5. The van der Waals surface area contributed by atoms with E-state index >= 15 is 0 Å². The average molecular weight is 258 g/mol. The SMILES string of the molecule is C[C@@H](C(=O)N1CCOCC1)[C@H]1SC(=O)NC1=O. The molecule has 0 aromatic carbocycles. The molecule has 2 rings (SSSR count). The minimum atomic E-state index is -0.599. The summed E-state index contributed by atoms with van der Waals surface area (Å²) in [5.41, 5.74) is 0. The summed E-state index contributed by atoms with van der Waals surface area (Å²) >= 11 is 0.896. The highest BCUT2D eigenvalue weighted by molar-refractivity contribution is 8.15. The van der Waals surface area contributed by atoms with Crippen LogP contribution in [0.1, 0.15) is 6.92 Å². The Hall–Kier alpha value is -1.08. The molecular weight excluding hydrogens is 244 g/mol. The van der Waals surface area contributed by atoms with Crippen molar-refractivity contribution in [3.8, 4) is 0 Å². The normalized spacial score (nSPS) is 26.9. The Morgan fingerprint density at radius 1 is 1.47 bits per heavy atom. The summed E-state index contributed by atoms with van der Waals surface area (Å²) in [5.74, 6) is -0.936. The van der Waals surface area contributed by atoms with Crippen LogP contribution in [0.4, 0.5) is 4.79 Å². The number of morpholine rings is 1. The first-order valence-corrected chi connectivity index (χ1v) is 6.35. The van der Waals surface area contributed by atoms with Crippen LogP contribution in [0.5, 0.6) is 0 Å². The Labute approximate surface area is 103 Å². The molecule has 0 spiro atoms. The fraction of sp³-hybridized carbons (Fsp3) is 0.700. The number of nitrogens with zero attached hydrogens (tertiary/aromatic N) is 1. The van der Waals surface area contributed by atoms with Gasteiger partial charge in [-0.15, -0.1) is 0 Å². The van der Waals surface area contributed by atoms with Gasteiger partial charge < -0.3 is 9.64 Å². The van der Waals surface area contributed by atoms with Crippen LogP contribution in [0.3, 0.4) is 0 Å². The monoisotopic (exact) mass is 258 g/mol. The molecule has 2 atom stereocenters. The molecule has 0 aliphatic carbocycles. The maximum Gasteiger partial charge on any atom is 0.286 e. The lowest BCUT2D eigenvalue weighted by Gasteiger charge is -2.30. The van der Waals surface area contributed by atoms with Gasteiger partial charge in [-0.25, -0.2) is 0 Å². The third-order valence-corrected chi connectivity index (χ3v) is 4.08. The number of carbonyl (C=O) groups is 3. The molecule has 2 aliphatic heterocycles. The predicted octanol–water partition coefficient (Wildman–Crippen LogP) is -0.167. The maximum absolute atomic E-state index is 12.1. The largest absolute Gasteiger partial charge is 0.378 e. The topological polar surface area (TPSA) is 75.7 Å². The summed E-state index contributed by atoms with van der Waals surface area (Å²) in [6.07, 6.45) is 0. The van der Waals surface area contributed by atoms with Crippen LogP contribution in [0, 0.1) is 5.92 Å². The summed E-state index contributed by atoms with van der Waals surface area (Å²) in [4.78, 5) is 36.3. The Balaban J connectivity index is 1.98. The highest BCUT2D eigenvalue weighted by atomic mass is 32.2. The van der Waals surface area contributed by atoms with Gasteiger partial charge in [0.2, 0.25) is 11.8 Å². The summed E-state index contributed by atoms with van der Waals surface area (Å²) in [6.45, 7) is 3.85. The molecule has 2 heterocycles. The molecule has 2 aliphatic rings.